The third kappa shape index (κ3) is 4.93. The van der Waals surface area contributed by atoms with Gasteiger partial charge in [-0.05, 0) is 65.9 Å². The van der Waals surface area contributed by atoms with Crippen molar-refractivity contribution in [2.75, 3.05) is 7.11 Å². The molecule has 0 bridgehead atoms. The standard InChI is InChI=1S/C30H28N4O3/c1-18(2)19-7-9-20(10-8-19)27-32-34-29(37-27)24-16-13-22(17-25(24)35-6)28-33-31-26(36-28)21-11-14-23(15-12-21)30(3,4)5/h7-17H,1H2,2-6H3. The molecule has 0 atom stereocenters. The van der Waals surface area contributed by atoms with Gasteiger partial charge in [-0.15, -0.1) is 20.4 Å². The van der Waals surface area contributed by atoms with Crippen LogP contribution in [0.2, 0.25) is 0 Å². The minimum Gasteiger partial charge on any atom is -0.496 e. The lowest BCUT2D eigenvalue weighted by atomic mass is 9.87. The van der Waals surface area contributed by atoms with E-state index >= 15 is 0 Å². The molecular formula is C30H28N4O3. The van der Waals surface area contributed by atoms with Gasteiger partial charge >= 0.3 is 0 Å². The summed E-state index contributed by atoms with van der Waals surface area (Å²) in [5, 5.41) is 16.9. The zero-order valence-corrected chi connectivity index (χ0v) is 21.6. The number of hydrogen-bond acceptors (Lipinski definition) is 7. The van der Waals surface area contributed by atoms with Crippen LogP contribution in [0.15, 0.2) is 82.1 Å². The summed E-state index contributed by atoms with van der Waals surface area (Å²) in [6.45, 7) is 12.5. The van der Waals surface area contributed by atoms with Crippen molar-refractivity contribution in [1.82, 2.24) is 20.4 Å². The molecule has 5 rings (SSSR count). The first-order valence-electron chi connectivity index (χ1n) is 12.0. The number of methoxy groups -OCH3 is 1. The van der Waals surface area contributed by atoms with Crippen molar-refractivity contribution in [3.05, 3.63) is 84.4 Å². The van der Waals surface area contributed by atoms with E-state index in [0.29, 0.717) is 34.9 Å². The van der Waals surface area contributed by atoms with Gasteiger partial charge < -0.3 is 13.6 Å². The quantitative estimate of drug-likeness (QED) is 0.243. The second kappa shape index (κ2) is 9.50. The van der Waals surface area contributed by atoms with Crippen molar-refractivity contribution in [2.45, 2.75) is 33.1 Å². The fourth-order valence-electron chi connectivity index (χ4n) is 3.92. The first-order valence-corrected chi connectivity index (χ1v) is 12.0. The minimum atomic E-state index is 0.0746. The maximum atomic E-state index is 5.98. The Bertz CT molecular complexity index is 1560. The molecule has 0 aliphatic carbocycles. The zero-order chi connectivity index (χ0) is 26.2. The van der Waals surface area contributed by atoms with Gasteiger partial charge in [0, 0.05) is 16.7 Å². The highest BCUT2D eigenvalue weighted by Crippen LogP contribution is 2.35. The lowest BCUT2D eigenvalue weighted by Gasteiger charge is -2.18. The van der Waals surface area contributed by atoms with E-state index in [1.54, 1.807) is 7.11 Å². The molecule has 3 aromatic carbocycles. The van der Waals surface area contributed by atoms with Crippen molar-refractivity contribution in [3.63, 3.8) is 0 Å². The van der Waals surface area contributed by atoms with Gasteiger partial charge in [-0.1, -0.05) is 57.2 Å². The molecule has 5 aromatic rings. The largest absolute Gasteiger partial charge is 0.496 e. The van der Waals surface area contributed by atoms with Gasteiger partial charge in [0.2, 0.25) is 17.7 Å². The summed E-state index contributed by atoms with van der Waals surface area (Å²) in [5.41, 5.74) is 6.45. The molecule has 0 aliphatic rings. The van der Waals surface area contributed by atoms with Crippen LogP contribution in [0.3, 0.4) is 0 Å². The van der Waals surface area contributed by atoms with Crippen LogP contribution in [0.4, 0.5) is 0 Å². The zero-order valence-electron chi connectivity index (χ0n) is 21.6. The molecule has 0 saturated heterocycles. The SMILES string of the molecule is C=C(C)c1ccc(-c2nnc(-c3ccc(-c4nnc(-c5ccc(C(C)(C)C)cc5)o4)cc3OC)o2)cc1. The molecule has 2 heterocycles. The number of allylic oxidation sites excluding steroid dienone is 1. The van der Waals surface area contributed by atoms with Crippen LogP contribution in [0, 0.1) is 0 Å². The highest BCUT2D eigenvalue weighted by atomic mass is 16.5. The van der Waals surface area contributed by atoms with E-state index in [4.69, 9.17) is 13.6 Å². The summed E-state index contributed by atoms with van der Waals surface area (Å²) in [7, 11) is 1.59. The Morgan fingerprint density at radius 3 is 1.73 bits per heavy atom. The Kier molecular flexibility index (Phi) is 6.21. The number of aromatic nitrogens is 4. The highest BCUT2D eigenvalue weighted by molar-refractivity contribution is 5.71. The van der Waals surface area contributed by atoms with Crippen LogP contribution in [0.5, 0.6) is 5.75 Å². The fourth-order valence-corrected chi connectivity index (χ4v) is 3.92. The monoisotopic (exact) mass is 492 g/mol. The molecule has 0 aliphatic heterocycles. The third-order valence-corrected chi connectivity index (χ3v) is 6.15. The van der Waals surface area contributed by atoms with Crippen LogP contribution in [-0.2, 0) is 5.41 Å². The molecule has 0 fully saturated rings. The van der Waals surface area contributed by atoms with E-state index in [1.807, 2.05) is 61.5 Å². The second-order valence-corrected chi connectivity index (χ2v) is 9.92. The first kappa shape index (κ1) is 24.2. The summed E-state index contributed by atoms with van der Waals surface area (Å²) in [6, 6.07) is 21.5. The molecule has 7 heteroatoms. The molecule has 0 N–H and O–H groups in total. The van der Waals surface area contributed by atoms with Crippen LogP contribution < -0.4 is 4.74 Å². The third-order valence-electron chi connectivity index (χ3n) is 6.15. The van der Waals surface area contributed by atoms with Gasteiger partial charge in [-0.25, -0.2) is 0 Å². The second-order valence-electron chi connectivity index (χ2n) is 9.92. The predicted molar refractivity (Wildman–Crippen MR) is 144 cm³/mol. The van der Waals surface area contributed by atoms with Gasteiger partial charge in [0.15, 0.2) is 0 Å². The smallest absolute Gasteiger partial charge is 0.251 e. The van der Waals surface area contributed by atoms with Crippen LogP contribution in [0.25, 0.3) is 51.4 Å². The molecule has 37 heavy (non-hydrogen) atoms. The van der Waals surface area contributed by atoms with E-state index in [1.165, 1.54) is 5.56 Å². The summed E-state index contributed by atoms with van der Waals surface area (Å²) >= 11 is 0. The van der Waals surface area contributed by atoms with Gasteiger partial charge in [-0.3, -0.25) is 0 Å². The molecule has 0 spiro atoms. The van der Waals surface area contributed by atoms with Gasteiger partial charge in [0.25, 0.3) is 5.89 Å². The Hall–Kier alpha value is -4.52. The van der Waals surface area contributed by atoms with Gasteiger partial charge in [0.1, 0.15) is 5.75 Å². The lowest BCUT2D eigenvalue weighted by molar-refractivity contribution is 0.414. The van der Waals surface area contributed by atoms with Crippen molar-refractivity contribution >= 4 is 5.57 Å². The van der Waals surface area contributed by atoms with Crippen LogP contribution >= 0.6 is 0 Å². The van der Waals surface area contributed by atoms with Crippen molar-refractivity contribution in [2.24, 2.45) is 0 Å². The van der Waals surface area contributed by atoms with Crippen LogP contribution in [0.1, 0.15) is 38.8 Å². The normalized spacial score (nSPS) is 11.5. The summed E-state index contributed by atoms with van der Waals surface area (Å²) < 4.78 is 17.6. The topological polar surface area (TPSA) is 87.1 Å². The number of benzene rings is 3. The molecule has 0 amide bonds. The van der Waals surface area contributed by atoms with E-state index in [0.717, 1.165) is 27.8 Å². The van der Waals surface area contributed by atoms with E-state index in [9.17, 15) is 0 Å². The summed E-state index contributed by atoms with van der Waals surface area (Å²) in [5.74, 6) is 2.18. The van der Waals surface area contributed by atoms with Gasteiger partial charge in [-0.2, -0.15) is 0 Å². The number of rotatable bonds is 6. The molecule has 186 valence electrons. The molecule has 7 nitrogen and oxygen atoms in total. The Labute approximate surface area is 215 Å². The molecular weight excluding hydrogens is 464 g/mol. The molecule has 2 aromatic heterocycles. The number of hydrogen-bond donors (Lipinski definition) is 0. The van der Waals surface area contributed by atoms with E-state index < -0.39 is 0 Å². The number of nitrogens with zero attached hydrogens (tertiary/aromatic N) is 4. The molecule has 0 radical (unpaired) electrons. The van der Waals surface area contributed by atoms with Crippen molar-refractivity contribution < 1.29 is 13.6 Å². The lowest BCUT2D eigenvalue weighted by Crippen LogP contribution is -2.10. The Balaban J connectivity index is 1.40. The molecule has 0 unspecified atom stereocenters. The fraction of sp³-hybridized carbons (Fsp3) is 0.200. The Morgan fingerprint density at radius 1 is 0.703 bits per heavy atom. The highest BCUT2D eigenvalue weighted by Gasteiger charge is 2.19. The predicted octanol–water partition coefficient (Wildman–Crippen LogP) is 7.46. The summed E-state index contributed by atoms with van der Waals surface area (Å²) in [4.78, 5) is 0. The number of ether oxygens (including phenoxy) is 1. The summed E-state index contributed by atoms with van der Waals surface area (Å²) in [6.07, 6.45) is 0. The van der Waals surface area contributed by atoms with E-state index in [-0.39, 0.29) is 5.41 Å². The average molecular weight is 493 g/mol. The maximum absolute atomic E-state index is 5.98. The average Bonchev–Trinajstić information content (AvgIpc) is 3.59. The van der Waals surface area contributed by atoms with Gasteiger partial charge in [0.05, 0.1) is 12.7 Å². The molecule has 0 saturated carbocycles. The van der Waals surface area contributed by atoms with Crippen molar-refractivity contribution in [1.29, 1.82) is 0 Å². The maximum Gasteiger partial charge on any atom is 0.251 e. The Morgan fingerprint density at radius 2 is 1.19 bits per heavy atom. The van der Waals surface area contributed by atoms with E-state index in [2.05, 4.69) is 59.9 Å². The first-order chi connectivity index (χ1) is 17.7. The van der Waals surface area contributed by atoms with Crippen molar-refractivity contribution in [3.8, 4) is 51.6 Å². The minimum absolute atomic E-state index is 0.0746. The van der Waals surface area contributed by atoms with Crippen LogP contribution in [-0.4, -0.2) is 27.5 Å².